The van der Waals surface area contributed by atoms with E-state index in [4.69, 9.17) is 4.74 Å². The van der Waals surface area contributed by atoms with Crippen molar-refractivity contribution in [1.82, 2.24) is 0 Å². The molecule has 2 aromatic rings. The number of methoxy groups -OCH3 is 1. The number of anilines is 1. The van der Waals surface area contributed by atoms with E-state index in [0.717, 1.165) is 0 Å². The quantitative estimate of drug-likeness (QED) is 0.896. The predicted molar refractivity (Wildman–Crippen MR) is 71.9 cm³/mol. The van der Waals surface area contributed by atoms with Gasteiger partial charge in [-0.15, -0.1) is 0 Å². The van der Waals surface area contributed by atoms with Crippen LogP contribution in [-0.2, 0) is 0 Å². The number of hydrogen-bond acceptors (Lipinski definition) is 2. The van der Waals surface area contributed by atoms with Crippen LogP contribution in [0.1, 0.15) is 11.6 Å². The molecule has 0 bridgehead atoms. The third-order valence-electron chi connectivity index (χ3n) is 2.86. The highest BCUT2D eigenvalue weighted by Crippen LogP contribution is 2.35. The first-order chi connectivity index (χ1) is 9.50. The number of halogens is 3. The van der Waals surface area contributed by atoms with Crippen LogP contribution in [0.25, 0.3) is 0 Å². The lowest BCUT2D eigenvalue weighted by molar-refractivity contribution is -0.144. The molecule has 0 saturated heterocycles. The summed E-state index contributed by atoms with van der Waals surface area (Å²) in [5, 5.41) is 2.51. The molecule has 0 fully saturated rings. The number of benzene rings is 2. The topological polar surface area (TPSA) is 21.3 Å². The monoisotopic (exact) mass is 281 g/mol. The minimum absolute atomic E-state index is 0.177. The summed E-state index contributed by atoms with van der Waals surface area (Å²) in [6, 6.07) is 12.4. The molecule has 1 N–H and O–H groups in total. The van der Waals surface area contributed by atoms with Crippen molar-refractivity contribution in [3.05, 3.63) is 60.2 Å². The van der Waals surface area contributed by atoms with Gasteiger partial charge in [-0.25, -0.2) is 0 Å². The molecule has 2 aromatic carbocycles. The SMILES string of the molecule is COc1ccc(N[C@@H](c2ccccc2)C(F)(F)F)cc1. The lowest BCUT2D eigenvalue weighted by Crippen LogP contribution is -2.27. The third-order valence-corrected chi connectivity index (χ3v) is 2.86. The van der Waals surface area contributed by atoms with Crippen LogP contribution in [0.2, 0.25) is 0 Å². The molecule has 1 atom stereocenters. The van der Waals surface area contributed by atoms with Crippen molar-refractivity contribution >= 4 is 5.69 Å². The zero-order valence-corrected chi connectivity index (χ0v) is 10.8. The van der Waals surface area contributed by atoms with Crippen molar-refractivity contribution in [3.63, 3.8) is 0 Å². The van der Waals surface area contributed by atoms with Crippen LogP contribution < -0.4 is 10.1 Å². The van der Waals surface area contributed by atoms with Gasteiger partial charge in [-0.05, 0) is 29.8 Å². The van der Waals surface area contributed by atoms with E-state index in [9.17, 15) is 13.2 Å². The van der Waals surface area contributed by atoms with E-state index in [2.05, 4.69) is 5.32 Å². The minimum atomic E-state index is -4.37. The van der Waals surface area contributed by atoms with Crippen LogP contribution in [0.3, 0.4) is 0 Å². The van der Waals surface area contributed by atoms with Crippen molar-refractivity contribution < 1.29 is 17.9 Å². The van der Waals surface area contributed by atoms with Gasteiger partial charge in [0.1, 0.15) is 11.8 Å². The molecule has 0 amide bonds. The lowest BCUT2D eigenvalue weighted by atomic mass is 10.1. The Balaban J connectivity index is 2.24. The van der Waals surface area contributed by atoms with Gasteiger partial charge in [0.15, 0.2) is 0 Å². The fraction of sp³-hybridized carbons (Fsp3) is 0.200. The molecular formula is C15H14F3NO. The van der Waals surface area contributed by atoms with Crippen molar-refractivity contribution in [2.24, 2.45) is 0 Å². The zero-order valence-electron chi connectivity index (χ0n) is 10.8. The van der Waals surface area contributed by atoms with Crippen molar-refractivity contribution in [2.45, 2.75) is 12.2 Å². The molecule has 0 aliphatic carbocycles. The molecule has 0 saturated carbocycles. The van der Waals surface area contributed by atoms with E-state index < -0.39 is 12.2 Å². The molecule has 0 radical (unpaired) electrons. The first-order valence-electron chi connectivity index (χ1n) is 6.03. The van der Waals surface area contributed by atoms with Crippen LogP contribution in [0.15, 0.2) is 54.6 Å². The lowest BCUT2D eigenvalue weighted by Gasteiger charge is -2.23. The highest BCUT2D eigenvalue weighted by atomic mass is 19.4. The second-order valence-electron chi connectivity index (χ2n) is 4.26. The summed E-state index contributed by atoms with van der Waals surface area (Å²) in [6.07, 6.45) is -4.37. The Morgan fingerprint density at radius 2 is 1.55 bits per heavy atom. The molecule has 0 unspecified atom stereocenters. The molecule has 2 nitrogen and oxygen atoms in total. The maximum atomic E-state index is 13.1. The summed E-state index contributed by atoms with van der Waals surface area (Å²) >= 11 is 0. The van der Waals surface area contributed by atoms with Gasteiger partial charge >= 0.3 is 6.18 Å². The summed E-state index contributed by atoms with van der Waals surface area (Å²) in [7, 11) is 1.50. The van der Waals surface area contributed by atoms with E-state index in [1.165, 1.54) is 19.2 Å². The Labute approximate surface area is 115 Å². The Morgan fingerprint density at radius 3 is 2.05 bits per heavy atom. The number of hydrogen-bond donors (Lipinski definition) is 1. The number of ether oxygens (including phenoxy) is 1. The largest absolute Gasteiger partial charge is 0.497 e. The zero-order chi connectivity index (χ0) is 14.6. The third kappa shape index (κ3) is 3.44. The molecule has 0 aliphatic heterocycles. The van der Waals surface area contributed by atoms with Gasteiger partial charge in [0.25, 0.3) is 0 Å². The second kappa shape index (κ2) is 5.86. The summed E-state index contributed by atoms with van der Waals surface area (Å²) in [5.41, 5.74) is 0.563. The van der Waals surface area contributed by atoms with E-state index in [-0.39, 0.29) is 5.56 Å². The minimum Gasteiger partial charge on any atom is -0.497 e. The van der Waals surface area contributed by atoms with Crippen LogP contribution in [-0.4, -0.2) is 13.3 Å². The number of rotatable bonds is 4. The highest BCUT2D eigenvalue weighted by Gasteiger charge is 2.40. The second-order valence-corrected chi connectivity index (χ2v) is 4.26. The molecule has 5 heteroatoms. The maximum Gasteiger partial charge on any atom is 0.412 e. The van der Waals surface area contributed by atoms with Gasteiger partial charge in [0.05, 0.1) is 7.11 Å². The summed E-state index contributed by atoms with van der Waals surface area (Å²) in [6.45, 7) is 0. The maximum absolute atomic E-state index is 13.1. The Morgan fingerprint density at radius 1 is 0.950 bits per heavy atom. The predicted octanol–water partition coefficient (Wildman–Crippen LogP) is 4.41. The standard InChI is InChI=1S/C15H14F3NO/c1-20-13-9-7-12(8-10-13)19-14(15(16,17)18)11-5-3-2-4-6-11/h2-10,14,19H,1H3/t14-/m0/s1. The van der Waals surface area contributed by atoms with E-state index >= 15 is 0 Å². The molecule has 20 heavy (non-hydrogen) atoms. The Hall–Kier alpha value is -2.17. The van der Waals surface area contributed by atoms with Crippen LogP contribution in [0, 0.1) is 0 Å². The average molecular weight is 281 g/mol. The van der Waals surface area contributed by atoms with Gasteiger partial charge in [0, 0.05) is 5.69 Å². The van der Waals surface area contributed by atoms with Crippen LogP contribution in [0.4, 0.5) is 18.9 Å². The fourth-order valence-corrected chi connectivity index (χ4v) is 1.85. The van der Waals surface area contributed by atoms with Crippen LogP contribution >= 0.6 is 0 Å². The summed E-state index contributed by atoms with van der Waals surface area (Å²) in [4.78, 5) is 0. The van der Waals surface area contributed by atoms with Gasteiger partial charge in [-0.2, -0.15) is 13.2 Å². The van der Waals surface area contributed by atoms with Gasteiger partial charge in [0.2, 0.25) is 0 Å². The molecule has 0 spiro atoms. The molecule has 106 valence electrons. The van der Waals surface area contributed by atoms with Crippen molar-refractivity contribution in [2.75, 3.05) is 12.4 Å². The molecule has 0 heterocycles. The number of alkyl halides is 3. The van der Waals surface area contributed by atoms with E-state index in [1.807, 2.05) is 0 Å². The van der Waals surface area contributed by atoms with Crippen molar-refractivity contribution in [1.29, 1.82) is 0 Å². The van der Waals surface area contributed by atoms with Crippen LogP contribution in [0.5, 0.6) is 5.75 Å². The Bertz CT molecular complexity index is 537. The molecule has 2 rings (SSSR count). The average Bonchev–Trinajstić information content (AvgIpc) is 2.45. The molecular weight excluding hydrogens is 267 g/mol. The highest BCUT2D eigenvalue weighted by molar-refractivity contribution is 5.48. The van der Waals surface area contributed by atoms with Gasteiger partial charge in [-0.3, -0.25) is 0 Å². The smallest absolute Gasteiger partial charge is 0.412 e. The molecule has 0 aromatic heterocycles. The summed E-state index contributed by atoms with van der Waals surface area (Å²) < 4.78 is 44.4. The Kier molecular flexibility index (Phi) is 4.17. The summed E-state index contributed by atoms with van der Waals surface area (Å²) in [5.74, 6) is 0.596. The molecule has 0 aliphatic rings. The number of nitrogens with one attached hydrogen (secondary N) is 1. The normalized spacial score (nSPS) is 12.8. The first kappa shape index (κ1) is 14.2. The fourth-order valence-electron chi connectivity index (χ4n) is 1.85. The van der Waals surface area contributed by atoms with E-state index in [1.54, 1.807) is 42.5 Å². The van der Waals surface area contributed by atoms with Gasteiger partial charge in [-0.1, -0.05) is 30.3 Å². The van der Waals surface area contributed by atoms with E-state index in [0.29, 0.717) is 11.4 Å². The first-order valence-corrected chi connectivity index (χ1v) is 6.03. The van der Waals surface area contributed by atoms with Gasteiger partial charge < -0.3 is 10.1 Å². The van der Waals surface area contributed by atoms with Crippen molar-refractivity contribution in [3.8, 4) is 5.75 Å².